The van der Waals surface area contributed by atoms with Gasteiger partial charge in [-0.2, -0.15) is 0 Å². The van der Waals surface area contributed by atoms with Crippen molar-refractivity contribution in [2.24, 2.45) is 0 Å². The van der Waals surface area contributed by atoms with E-state index in [0.717, 1.165) is 38.5 Å². The van der Waals surface area contributed by atoms with Gasteiger partial charge in [0.15, 0.2) is 0 Å². The molecular weight excluding hydrogens is 899 g/mol. The van der Waals surface area contributed by atoms with Gasteiger partial charge in [0, 0.05) is 12.8 Å². The standard InChI is InChI=1S/C67H133NO5/c1-3-5-7-9-11-13-15-17-19-32-35-39-43-47-51-55-59-65(70)64(63-69)68-66(71)60-56-52-48-44-40-36-33-30-28-26-24-22-20-21-23-25-27-29-31-34-38-42-46-50-54-58-62-73-67(72)61-57-53-49-45-41-37-18-16-14-12-10-8-6-4-2/h64-65,69-70H,3-63H2,1-2H3,(H,68,71). The molecule has 0 aliphatic carbocycles. The molecule has 73 heavy (non-hydrogen) atoms. The van der Waals surface area contributed by atoms with Crippen molar-refractivity contribution >= 4 is 11.9 Å². The first-order chi connectivity index (χ1) is 36.0. The van der Waals surface area contributed by atoms with Gasteiger partial charge < -0.3 is 20.3 Å². The summed E-state index contributed by atoms with van der Waals surface area (Å²) in [5, 5.41) is 23.3. The largest absolute Gasteiger partial charge is 0.466 e. The van der Waals surface area contributed by atoms with Gasteiger partial charge in [0.1, 0.15) is 0 Å². The first-order valence-electron chi connectivity index (χ1n) is 33.8. The number of unbranched alkanes of at least 4 members (excludes halogenated alkanes) is 53. The molecular formula is C67H133NO5. The average molecular weight is 1030 g/mol. The summed E-state index contributed by atoms with van der Waals surface area (Å²) >= 11 is 0. The summed E-state index contributed by atoms with van der Waals surface area (Å²) in [6.45, 7) is 5.00. The lowest BCUT2D eigenvalue weighted by atomic mass is 10.0. The molecule has 0 aliphatic heterocycles. The van der Waals surface area contributed by atoms with Crippen LogP contribution in [0.15, 0.2) is 0 Å². The molecule has 0 spiro atoms. The summed E-state index contributed by atoms with van der Waals surface area (Å²) in [6.07, 6.45) is 75.6. The smallest absolute Gasteiger partial charge is 0.305 e. The Kier molecular flexibility index (Phi) is 62.4. The lowest BCUT2D eigenvalue weighted by Crippen LogP contribution is -2.45. The van der Waals surface area contributed by atoms with Crippen molar-refractivity contribution in [3.05, 3.63) is 0 Å². The van der Waals surface area contributed by atoms with Gasteiger partial charge >= 0.3 is 5.97 Å². The Morgan fingerprint density at radius 1 is 0.329 bits per heavy atom. The molecule has 0 radical (unpaired) electrons. The summed E-state index contributed by atoms with van der Waals surface area (Å²) in [5.74, 6) is -0.00807. The monoisotopic (exact) mass is 1030 g/mol. The van der Waals surface area contributed by atoms with E-state index in [4.69, 9.17) is 4.74 Å². The molecule has 0 fully saturated rings. The lowest BCUT2D eigenvalue weighted by Gasteiger charge is -2.22. The van der Waals surface area contributed by atoms with E-state index in [1.54, 1.807) is 0 Å². The highest BCUT2D eigenvalue weighted by molar-refractivity contribution is 5.76. The third-order valence-electron chi connectivity index (χ3n) is 16.2. The van der Waals surface area contributed by atoms with Gasteiger partial charge in [-0.1, -0.05) is 354 Å². The molecule has 0 heterocycles. The van der Waals surface area contributed by atoms with Crippen LogP contribution in [-0.4, -0.2) is 47.4 Å². The van der Waals surface area contributed by atoms with Crippen molar-refractivity contribution in [3.63, 3.8) is 0 Å². The average Bonchev–Trinajstić information content (AvgIpc) is 3.39. The third kappa shape index (κ3) is 60.0. The highest BCUT2D eigenvalue weighted by Gasteiger charge is 2.20. The van der Waals surface area contributed by atoms with Crippen molar-refractivity contribution in [1.82, 2.24) is 5.32 Å². The second-order valence-corrected chi connectivity index (χ2v) is 23.5. The minimum absolute atomic E-state index is 0.0207. The first-order valence-corrected chi connectivity index (χ1v) is 33.8. The number of esters is 1. The number of hydrogen-bond donors (Lipinski definition) is 3. The summed E-state index contributed by atoms with van der Waals surface area (Å²) in [7, 11) is 0. The Bertz CT molecular complexity index is 1050. The molecule has 0 aliphatic rings. The predicted octanol–water partition coefficient (Wildman–Crippen LogP) is 21.4. The second kappa shape index (κ2) is 63.4. The zero-order valence-corrected chi connectivity index (χ0v) is 49.9. The van der Waals surface area contributed by atoms with E-state index in [0.29, 0.717) is 25.9 Å². The van der Waals surface area contributed by atoms with Gasteiger partial charge in [-0.05, 0) is 25.7 Å². The molecule has 0 saturated carbocycles. The number of ether oxygens (including phenoxy) is 1. The van der Waals surface area contributed by atoms with Crippen LogP contribution in [-0.2, 0) is 14.3 Å². The van der Waals surface area contributed by atoms with Crippen LogP contribution in [0, 0.1) is 0 Å². The quantitative estimate of drug-likeness (QED) is 0.0417. The van der Waals surface area contributed by atoms with Crippen LogP contribution in [0.4, 0.5) is 0 Å². The summed E-state index contributed by atoms with van der Waals surface area (Å²) in [4.78, 5) is 24.6. The van der Waals surface area contributed by atoms with Gasteiger partial charge in [0.2, 0.25) is 5.91 Å². The van der Waals surface area contributed by atoms with Crippen LogP contribution in [0.25, 0.3) is 0 Å². The molecule has 436 valence electrons. The lowest BCUT2D eigenvalue weighted by molar-refractivity contribution is -0.143. The van der Waals surface area contributed by atoms with E-state index in [2.05, 4.69) is 19.2 Å². The maximum atomic E-state index is 12.5. The van der Waals surface area contributed by atoms with Crippen LogP contribution in [0.3, 0.4) is 0 Å². The van der Waals surface area contributed by atoms with Gasteiger partial charge in [-0.25, -0.2) is 0 Å². The van der Waals surface area contributed by atoms with Crippen molar-refractivity contribution < 1.29 is 24.5 Å². The molecule has 0 saturated heterocycles. The van der Waals surface area contributed by atoms with Crippen LogP contribution >= 0.6 is 0 Å². The molecule has 6 heteroatoms. The Hall–Kier alpha value is -1.14. The number of aliphatic hydroxyl groups is 2. The predicted molar refractivity (Wildman–Crippen MR) is 320 cm³/mol. The fraction of sp³-hybridized carbons (Fsp3) is 0.970. The van der Waals surface area contributed by atoms with Gasteiger partial charge in [0.25, 0.3) is 0 Å². The number of hydrogen-bond acceptors (Lipinski definition) is 5. The molecule has 6 nitrogen and oxygen atoms in total. The number of aliphatic hydroxyl groups excluding tert-OH is 2. The zero-order chi connectivity index (χ0) is 52.9. The fourth-order valence-electron chi connectivity index (χ4n) is 11.0. The van der Waals surface area contributed by atoms with Crippen LogP contribution in [0.2, 0.25) is 0 Å². The highest BCUT2D eigenvalue weighted by Crippen LogP contribution is 2.19. The van der Waals surface area contributed by atoms with Crippen molar-refractivity contribution in [3.8, 4) is 0 Å². The SMILES string of the molecule is CCCCCCCCCCCCCCCCCCC(O)C(CO)NC(=O)CCCCCCCCCCCCCCCCCCCCCCCCCCCCOC(=O)CCCCCCCCCCCCCCCC. The van der Waals surface area contributed by atoms with Crippen LogP contribution < -0.4 is 5.32 Å². The maximum Gasteiger partial charge on any atom is 0.305 e. The number of rotatable bonds is 64. The summed E-state index contributed by atoms with van der Waals surface area (Å²) in [6, 6.07) is -0.538. The summed E-state index contributed by atoms with van der Waals surface area (Å²) in [5.41, 5.74) is 0. The fourth-order valence-corrected chi connectivity index (χ4v) is 11.0. The Labute approximate surface area is 457 Å². The van der Waals surface area contributed by atoms with E-state index in [1.165, 1.54) is 321 Å². The molecule has 0 aromatic carbocycles. The molecule has 2 unspecified atom stereocenters. The topological polar surface area (TPSA) is 95.9 Å². The normalized spacial score (nSPS) is 12.4. The minimum atomic E-state index is -0.661. The molecule has 1 amide bonds. The first kappa shape index (κ1) is 71.9. The number of carbonyl (C=O) groups excluding carboxylic acids is 2. The van der Waals surface area contributed by atoms with E-state index in [1.807, 2.05) is 0 Å². The van der Waals surface area contributed by atoms with E-state index in [9.17, 15) is 19.8 Å². The Balaban J connectivity index is 3.33. The van der Waals surface area contributed by atoms with E-state index >= 15 is 0 Å². The zero-order valence-electron chi connectivity index (χ0n) is 49.9. The Morgan fingerprint density at radius 3 is 0.836 bits per heavy atom. The van der Waals surface area contributed by atoms with E-state index < -0.39 is 12.1 Å². The van der Waals surface area contributed by atoms with Gasteiger partial charge in [0.05, 0.1) is 25.4 Å². The van der Waals surface area contributed by atoms with E-state index in [-0.39, 0.29) is 18.5 Å². The maximum absolute atomic E-state index is 12.5. The minimum Gasteiger partial charge on any atom is -0.466 e. The van der Waals surface area contributed by atoms with Crippen LogP contribution in [0.1, 0.15) is 393 Å². The third-order valence-corrected chi connectivity index (χ3v) is 16.2. The van der Waals surface area contributed by atoms with Gasteiger partial charge in [-0.15, -0.1) is 0 Å². The van der Waals surface area contributed by atoms with Crippen molar-refractivity contribution in [2.45, 2.75) is 405 Å². The number of carbonyl (C=O) groups is 2. The second-order valence-electron chi connectivity index (χ2n) is 23.5. The molecule has 3 N–H and O–H groups in total. The Morgan fingerprint density at radius 2 is 0.562 bits per heavy atom. The van der Waals surface area contributed by atoms with Crippen LogP contribution in [0.5, 0.6) is 0 Å². The van der Waals surface area contributed by atoms with Crippen molar-refractivity contribution in [1.29, 1.82) is 0 Å². The molecule has 0 aromatic rings. The molecule has 0 aromatic heterocycles. The number of amides is 1. The molecule has 2 atom stereocenters. The molecule has 0 rings (SSSR count). The summed E-state index contributed by atoms with van der Waals surface area (Å²) < 4.78 is 5.49. The van der Waals surface area contributed by atoms with Gasteiger partial charge in [-0.3, -0.25) is 9.59 Å². The molecule has 0 bridgehead atoms. The van der Waals surface area contributed by atoms with Crippen molar-refractivity contribution in [2.75, 3.05) is 13.2 Å². The number of nitrogens with one attached hydrogen (secondary N) is 1. The highest BCUT2D eigenvalue weighted by atomic mass is 16.5.